The molecule has 0 radical (unpaired) electrons. The van der Waals surface area contributed by atoms with E-state index in [1.807, 2.05) is 53.2 Å². The Morgan fingerprint density at radius 1 is 1.09 bits per heavy atom. The van der Waals surface area contributed by atoms with Gasteiger partial charge in [0, 0.05) is 58.1 Å². The summed E-state index contributed by atoms with van der Waals surface area (Å²) in [6.07, 6.45) is 7.67. The Kier molecular flexibility index (Phi) is 7.17. The van der Waals surface area contributed by atoms with Gasteiger partial charge in [-0.25, -0.2) is 4.57 Å². The van der Waals surface area contributed by atoms with Crippen molar-refractivity contribution >= 4 is 49.4 Å². The Hall–Kier alpha value is -2.00. The van der Waals surface area contributed by atoms with Crippen LogP contribution in [-0.4, -0.2) is 47.1 Å². The Morgan fingerprint density at radius 3 is 2.49 bits per heavy atom. The summed E-state index contributed by atoms with van der Waals surface area (Å²) in [4.78, 5) is 17.3. The maximum absolute atomic E-state index is 13.0. The Morgan fingerprint density at radius 2 is 1.77 bits per heavy atom. The molecule has 2 aromatic heterocycles. The summed E-state index contributed by atoms with van der Waals surface area (Å²) in [7, 11) is 1.97. The summed E-state index contributed by atoms with van der Waals surface area (Å²) in [6.45, 7) is 2.72. The Labute approximate surface area is 227 Å². The van der Waals surface area contributed by atoms with Gasteiger partial charge in [-0.2, -0.15) is 0 Å². The van der Waals surface area contributed by atoms with E-state index >= 15 is 0 Å². The predicted molar refractivity (Wildman–Crippen MR) is 139 cm³/mol. The normalized spacial score (nSPS) is 18.1. The number of benzene rings is 1. The van der Waals surface area contributed by atoms with Crippen LogP contribution in [0, 0.1) is 0 Å². The summed E-state index contributed by atoms with van der Waals surface area (Å²) in [5.41, 5.74) is 5.30. The van der Waals surface area contributed by atoms with E-state index in [4.69, 9.17) is 11.6 Å². The molecule has 35 heavy (non-hydrogen) atoms. The Bertz CT molecular complexity index is 1220. The minimum absolute atomic E-state index is 0.147. The lowest BCUT2D eigenvalue weighted by atomic mass is 9.96. The van der Waals surface area contributed by atoms with Crippen molar-refractivity contribution < 1.29 is 19.3 Å². The predicted octanol–water partition coefficient (Wildman–Crippen LogP) is 3.79. The SMILES string of the molecule is C[n+]1ccc(CC(=O)N2CCN([C@H]3c4c(Br)cc(Cl)cc4CCc4cc(Br)c[n+](O)c43)CC2)cc1. The molecule has 1 aliphatic carbocycles. The molecule has 6 nitrogen and oxygen atoms in total. The van der Waals surface area contributed by atoms with Gasteiger partial charge in [0.05, 0.1) is 10.9 Å². The summed E-state index contributed by atoms with van der Waals surface area (Å²) < 4.78 is 5.00. The number of aryl methyl sites for hydroxylation is 3. The van der Waals surface area contributed by atoms with Gasteiger partial charge in [-0.3, -0.25) is 14.9 Å². The molecule has 0 unspecified atom stereocenters. The van der Waals surface area contributed by atoms with E-state index in [1.165, 1.54) is 10.3 Å². The van der Waals surface area contributed by atoms with Crippen molar-refractivity contribution in [1.82, 2.24) is 9.80 Å². The van der Waals surface area contributed by atoms with Crippen LogP contribution >= 0.6 is 43.5 Å². The molecule has 0 bridgehead atoms. The van der Waals surface area contributed by atoms with E-state index in [9.17, 15) is 10.0 Å². The van der Waals surface area contributed by atoms with Crippen LogP contribution in [0.15, 0.2) is 57.9 Å². The molecule has 1 aliphatic heterocycles. The number of nitrogens with zero attached hydrogens (tertiary/aromatic N) is 4. The number of halogens is 3. The first kappa shape index (κ1) is 24.7. The van der Waals surface area contributed by atoms with Gasteiger partial charge in [-0.15, -0.1) is 0 Å². The molecule has 3 heterocycles. The first-order chi connectivity index (χ1) is 16.8. The maximum Gasteiger partial charge on any atom is 0.258 e. The zero-order chi connectivity index (χ0) is 24.7. The van der Waals surface area contributed by atoms with Crippen LogP contribution in [0.3, 0.4) is 0 Å². The molecule has 0 saturated carbocycles. The van der Waals surface area contributed by atoms with Crippen molar-refractivity contribution in [3.63, 3.8) is 0 Å². The summed E-state index contributed by atoms with van der Waals surface area (Å²) >= 11 is 13.7. The third kappa shape index (κ3) is 5.12. The Balaban J connectivity index is 1.43. The van der Waals surface area contributed by atoms with Crippen molar-refractivity contribution in [2.24, 2.45) is 7.05 Å². The van der Waals surface area contributed by atoms with E-state index in [-0.39, 0.29) is 11.9 Å². The lowest BCUT2D eigenvalue weighted by Gasteiger charge is -2.38. The first-order valence-corrected chi connectivity index (χ1v) is 13.6. The van der Waals surface area contributed by atoms with Crippen molar-refractivity contribution in [3.05, 3.63) is 90.8 Å². The van der Waals surface area contributed by atoms with E-state index in [1.54, 1.807) is 6.20 Å². The number of piperazine rings is 1. The lowest BCUT2D eigenvalue weighted by Crippen LogP contribution is -2.52. The summed E-state index contributed by atoms with van der Waals surface area (Å²) in [6, 6.07) is 9.90. The minimum Gasteiger partial charge on any atom is -0.340 e. The molecule has 2 aliphatic rings. The van der Waals surface area contributed by atoms with Gasteiger partial charge in [0.25, 0.3) is 5.69 Å². The van der Waals surface area contributed by atoms with E-state index in [0.717, 1.165) is 44.2 Å². The van der Waals surface area contributed by atoms with E-state index in [2.05, 4.69) is 42.8 Å². The molecule has 3 aromatic rings. The molecule has 1 amide bonds. The molecule has 1 fully saturated rings. The van der Waals surface area contributed by atoms with Crippen molar-refractivity contribution in [1.29, 1.82) is 0 Å². The molecule has 0 spiro atoms. The van der Waals surface area contributed by atoms with Crippen molar-refractivity contribution in [2.45, 2.75) is 25.3 Å². The second-order valence-corrected chi connectivity index (χ2v) is 11.4. The fraction of sp³-hybridized carbons (Fsp3) is 0.346. The molecule has 1 atom stereocenters. The highest BCUT2D eigenvalue weighted by Crippen LogP contribution is 2.41. The van der Waals surface area contributed by atoms with E-state index < -0.39 is 0 Å². The van der Waals surface area contributed by atoms with Crippen LogP contribution in [0.4, 0.5) is 0 Å². The smallest absolute Gasteiger partial charge is 0.258 e. The van der Waals surface area contributed by atoms with Crippen molar-refractivity contribution in [2.75, 3.05) is 26.2 Å². The highest BCUT2D eigenvalue weighted by atomic mass is 79.9. The molecule has 1 saturated heterocycles. The van der Waals surface area contributed by atoms with E-state index in [0.29, 0.717) is 37.6 Å². The van der Waals surface area contributed by atoms with Crippen molar-refractivity contribution in [3.8, 4) is 0 Å². The lowest BCUT2D eigenvalue weighted by molar-refractivity contribution is -0.911. The number of carbonyl (C=O) groups excluding carboxylic acids is 1. The number of amides is 1. The van der Waals surface area contributed by atoms with Crippen LogP contribution in [0.1, 0.15) is 34.0 Å². The number of aromatic nitrogens is 2. The zero-order valence-electron chi connectivity index (χ0n) is 19.4. The standard InChI is InChI=1S/C26H27Br2ClN4O2/c1-30-6-4-17(5-7-30)12-23(34)31-8-10-32(11-9-31)26-24-18(14-21(29)15-22(24)28)2-3-19-13-20(27)16-33(35)25(19)26/h4-7,13-16,26,35H,2-3,8-12H2,1H3/q+2/t26-/m0/s1. The third-order valence-electron chi connectivity index (χ3n) is 6.94. The van der Waals surface area contributed by atoms with Crippen LogP contribution < -0.4 is 9.30 Å². The fourth-order valence-corrected chi connectivity index (χ4v) is 6.75. The molecule has 9 heteroatoms. The van der Waals surface area contributed by atoms with Gasteiger partial charge in [-0.1, -0.05) is 27.5 Å². The average Bonchev–Trinajstić information content (AvgIpc) is 2.98. The number of rotatable bonds is 3. The molecular formula is C26H27Br2ClN4O2+2. The van der Waals surface area contributed by atoms with Crippen LogP contribution in [0.25, 0.3) is 0 Å². The molecule has 1 N–H and O–H groups in total. The van der Waals surface area contributed by atoms with Gasteiger partial charge in [0.2, 0.25) is 12.1 Å². The van der Waals surface area contributed by atoms with Gasteiger partial charge in [-0.05, 0) is 63.7 Å². The topological polar surface area (TPSA) is 51.5 Å². The highest BCUT2D eigenvalue weighted by molar-refractivity contribution is 9.10. The number of carbonyl (C=O) groups is 1. The monoisotopic (exact) mass is 620 g/mol. The van der Waals surface area contributed by atoms with Gasteiger partial charge in [0.15, 0.2) is 12.4 Å². The van der Waals surface area contributed by atoms with Gasteiger partial charge >= 0.3 is 0 Å². The fourth-order valence-electron chi connectivity index (χ4n) is 5.19. The molecule has 1 aromatic carbocycles. The first-order valence-electron chi connectivity index (χ1n) is 11.7. The third-order valence-corrected chi connectivity index (χ3v) is 8.25. The molecular weight excluding hydrogens is 596 g/mol. The number of pyridine rings is 2. The summed E-state index contributed by atoms with van der Waals surface area (Å²) in [5.74, 6) is 0.147. The number of hydrogen-bond acceptors (Lipinski definition) is 3. The quantitative estimate of drug-likeness (QED) is 0.358. The zero-order valence-corrected chi connectivity index (χ0v) is 23.4. The largest absolute Gasteiger partial charge is 0.340 e. The second-order valence-electron chi connectivity index (χ2n) is 9.24. The average molecular weight is 623 g/mol. The van der Waals surface area contributed by atoms with Crippen LogP contribution in [0.5, 0.6) is 0 Å². The van der Waals surface area contributed by atoms with Gasteiger partial charge in [0.1, 0.15) is 13.1 Å². The molecule has 182 valence electrons. The molecule has 5 rings (SSSR count). The number of fused-ring (bicyclic) bond motifs is 2. The second kappa shape index (κ2) is 10.2. The minimum atomic E-state index is -0.154. The van der Waals surface area contributed by atoms with Crippen LogP contribution in [0.2, 0.25) is 5.02 Å². The van der Waals surface area contributed by atoms with Gasteiger partial charge < -0.3 is 4.90 Å². The highest BCUT2D eigenvalue weighted by Gasteiger charge is 2.40. The maximum atomic E-state index is 13.0. The summed E-state index contributed by atoms with van der Waals surface area (Å²) in [5, 5.41) is 11.7. The van der Waals surface area contributed by atoms with Crippen LogP contribution in [-0.2, 0) is 31.1 Å². The number of hydrogen-bond donors (Lipinski definition) is 1.